The van der Waals surface area contributed by atoms with E-state index in [4.69, 9.17) is 24.8 Å². The number of allylic oxidation sites excluding steroid dienone is 15. The van der Waals surface area contributed by atoms with Crippen LogP contribution in [0.2, 0.25) is 0 Å². The molecule has 0 aromatic rings. The Morgan fingerprint density at radius 1 is 0.581 bits per heavy atom. The third-order valence-corrected chi connectivity index (χ3v) is 9.97. The first-order valence-corrected chi connectivity index (χ1v) is 23.9. The Labute approximate surface area is 371 Å². The van der Waals surface area contributed by atoms with Gasteiger partial charge in [0, 0.05) is 12.8 Å². The number of esters is 2. The molecule has 0 spiro atoms. The molecule has 62 heavy (non-hydrogen) atoms. The molecule has 0 aliphatic heterocycles. The molecule has 0 radical (unpaired) electrons. The molecule has 352 valence electrons. The number of rotatable bonds is 40. The van der Waals surface area contributed by atoms with Crippen LogP contribution in [0.5, 0.6) is 0 Å². The first-order valence-electron chi connectivity index (χ1n) is 22.4. The summed E-state index contributed by atoms with van der Waals surface area (Å²) in [6.45, 7) is 2.31. The van der Waals surface area contributed by atoms with Gasteiger partial charge in [0.05, 0.1) is 25.4 Å². The minimum atomic E-state index is -4.80. The van der Waals surface area contributed by atoms with Gasteiger partial charge in [0.2, 0.25) is 0 Å². The van der Waals surface area contributed by atoms with E-state index in [0.717, 1.165) is 64.2 Å². The van der Waals surface area contributed by atoms with Crippen LogP contribution >= 0.6 is 7.82 Å². The number of ether oxygens (including phenoxy) is 2. The van der Waals surface area contributed by atoms with Gasteiger partial charge in [0.25, 0.3) is 0 Å². The standard InChI is InChI=1S/C48H78NO12P/c1-3-5-7-9-11-13-15-17-18-19-20-21-22-23-25-27-29-31-33-37-47(53)61-42(40-59-62(56,57)60-41-43(49)48(54)55)39-58-46(52)38-34-36-45(51)44(50)35-32-30-28-26-24-16-14-12-10-8-6-4-2/h5,7,11-14,17-18,20-21,23-26,30,32,42-45,50-51H,3-4,6,8-10,15-16,19,22,27-29,31,33-41,49H2,1-2H3,(H,54,55)(H,56,57)/b7-5-,13-11-,14-12-,18-17-,21-20-,25-23-,26-24-,32-30-/t42-,43+,44?,45?/m1/s1. The lowest BCUT2D eigenvalue weighted by molar-refractivity contribution is -0.161. The van der Waals surface area contributed by atoms with Crippen molar-refractivity contribution in [2.75, 3.05) is 19.8 Å². The zero-order valence-electron chi connectivity index (χ0n) is 37.4. The zero-order valence-corrected chi connectivity index (χ0v) is 38.3. The van der Waals surface area contributed by atoms with Crippen molar-refractivity contribution in [2.45, 2.75) is 167 Å². The van der Waals surface area contributed by atoms with Gasteiger partial charge in [0.1, 0.15) is 12.6 Å². The lowest BCUT2D eigenvalue weighted by Gasteiger charge is -2.20. The fourth-order valence-corrected chi connectivity index (χ4v) is 6.15. The summed E-state index contributed by atoms with van der Waals surface area (Å²) in [7, 11) is -4.80. The summed E-state index contributed by atoms with van der Waals surface area (Å²) in [5, 5.41) is 29.6. The van der Waals surface area contributed by atoms with E-state index in [1.807, 2.05) is 12.2 Å². The lowest BCUT2D eigenvalue weighted by atomic mass is 10.0. The van der Waals surface area contributed by atoms with Gasteiger partial charge in [0.15, 0.2) is 6.10 Å². The molecule has 13 nitrogen and oxygen atoms in total. The van der Waals surface area contributed by atoms with Crippen molar-refractivity contribution in [3.8, 4) is 0 Å². The average Bonchev–Trinajstić information content (AvgIpc) is 3.24. The molecule has 0 aliphatic rings. The number of aliphatic carboxylic acids is 1. The van der Waals surface area contributed by atoms with Gasteiger partial charge in [-0.2, -0.15) is 0 Å². The molecule has 0 fully saturated rings. The molecule has 6 N–H and O–H groups in total. The number of aliphatic hydroxyl groups is 2. The van der Waals surface area contributed by atoms with Crippen LogP contribution in [0.15, 0.2) is 97.2 Å². The number of hydrogen-bond acceptors (Lipinski definition) is 11. The van der Waals surface area contributed by atoms with E-state index >= 15 is 0 Å². The first-order chi connectivity index (χ1) is 29.9. The van der Waals surface area contributed by atoms with Crippen molar-refractivity contribution in [1.29, 1.82) is 0 Å². The van der Waals surface area contributed by atoms with E-state index in [-0.39, 0.29) is 32.1 Å². The van der Waals surface area contributed by atoms with Crippen molar-refractivity contribution >= 4 is 25.7 Å². The van der Waals surface area contributed by atoms with Crippen molar-refractivity contribution in [1.82, 2.24) is 0 Å². The summed E-state index contributed by atoms with van der Waals surface area (Å²) >= 11 is 0. The summed E-state index contributed by atoms with van der Waals surface area (Å²) < 4.78 is 32.5. The monoisotopic (exact) mass is 892 g/mol. The molecule has 0 rings (SSSR count). The largest absolute Gasteiger partial charge is 0.480 e. The molecule has 5 atom stereocenters. The molecule has 0 heterocycles. The number of phosphoric acid groups is 1. The highest BCUT2D eigenvalue weighted by Gasteiger charge is 2.28. The molecule has 0 bridgehead atoms. The Balaban J connectivity index is 4.66. The average molecular weight is 892 g/mol. The third kappa shape index (κ3) is 39.2. The second kappa shape index (κ2) is 41.3. The highest BCUT2D eigenvalue weighted by Crippen LogP contribution is 2.43. The summed E-state index contributed by atoms with van der Waals surface area (Å²) in [5.41, 5.74) is 5.32. The van der Waals surface area contributed by atoms with Crippen molar-refractivity contribution < 1.29 is 57.7 Å². The van der Waals surface area contributed by atoms with Crippen molar-refractivity contribution in [3.05, 3.63) is 97.2 Å². The molecule has 14 heteroatoms. The summed E-state index contributed by atoms with van der Waals surface area (Å²) in [4.78, 5) is 46.1. The van der Waals surface area contributed by atoms with Crippen LogP contribution in [0.4, 0.5) is 0 Å². The number of carbonyl (C=O) groups is 3. The third-order valence-electron chi connectivity index (χ3n) is 9.02. The fourth-order valence-electron chi connectivity index (χ4n) is 5.37. The maximum absolute atomic E-state index is 12.7. The maximum Gasteiger partial charge on any atom is 0.472 e. The van der Waals surface area contributed by atoms with Crippen LogP contribution in [0.25, 0.3) is 0 Å². The van der Waals surface area contributed by atoms with E-state index in [2.05, 4.69) is 97.4 Å². The van der Waals surface area contributed by atoms with Crippen LogP contribution in [-0.2, 0) is 37.5 Å². The highest BCUT2D eigenvalue weighted by molar-refractivity contribution is 7.47. The fraction of sp³-hybridized carbons (Fsp3) is 0.604. The SMILES string of the molecule is CC/C=C\C/C=C\C/C=C\C/C=C\C/C=C\CCCCCC(=O)O[C@H](COC(=O)CCCC(O)C(O)C/C=C\C/C=C\C/C=C\CCCCC)COP(=O)(O)OC[C@H](N)C(=O)O. The van der Waals surface area contributed by atoms with Gasteiger partial charge in [-0.05, 0) is 96.3 Å². The molecule has 3 unspecified atom stereocenters. The Bertz CT molecular complexity index is 1450. The van der Waals surface area contributed by atoms with E-state index in [1.54, 1.807) is 6.08 Å². The Morgan fingerprint density at radius 2 is 1.06 bits per heavy atom. The van der Waals surface area contributed by atoms with Crippen LogP contribution < -0.4 is 5.73 Å². The quantitative estimate of drug-likeness (QED) is 0.0168. The first kappa shape index (κ1) is 58.3. The minimum absolute atomic E-state index is 0.0554. The Hall–Kier alpha value is -3.68. The number of aliphatic hydroxyl groups excluding tert-OH is 2. The second-order valence-electron chi connectivity index (χ2n) is 14.8. The highest BCUT2D eigenvalue weighted by atomic mass is 31.2. The normalized spacial score (nSPS) is 15.6. The lowest BCUT2D eigenvalue weighted by Crippen LogP contribution is -2.34. The van der Waals surface area contributed by atoms with Gasteiger partial charge in [-0.1, -0.05) is 130 Å². The zero-order chi connectivity index (χ0) is 45.9. The number of unbranched alkanes of at least 4 members (excludes halogenated alkanes) is 6. The second-order valence-corrected chi connectivity index (χ2v) is 16.2. The molecular formula is C48H78NO12P. The summed E-state index contributed by atoms with van der Waals surface area (Å²) in [6, 6.07) is -1.57. The van der Waals surface area contributed by atoms with Gasteiger partial charge in [-0.15, -0.1) is 0 Å². The number of carbonyl (C=O) groups excluding carboxylic acids is 2. The van der Waals surface area contributed by atoms with Crippen molar-refractivity contribution in [3.63, 3.8) is 0 Å². The topological polar surface area (TPSA) is 212 Å². The van der Waals surface area contributed by atoms with Crippen LogP contribution in [-0.4, -0.2) is 82.3 Å². The summed E-state index contributed by atoms with van der Waals surface area (Å²) in [6.07, 6.45) is 45.0. The Morgan fingerprint density at radius 3 is 1.60 bits per heavy atom. The molecular weight excluding hydrogens is 813 g/mol. The van der Waals surface area contributed by atoms with Crippen molar-refractivity contribution in [2.24, 2.45) is 5.73 Å². The number of carboxylic acid groups (broad SMARTS) is 1. The van der Waals surface area contributed by atoms with Gasteiger partial charge >= 0.3 is 25.7 Å². The predicted octanol–water partition coefficient (Wildman–Crippen LogP) is 10.0. The smallest absolute Gasteiger partial charge is 0.472 e. The number of phosphoric ester groups is 1. The van der Waals surface area contributed by atoms with Crippen LogP contribution in [0, 0.1) is 0 Å². The molecule has 0 saturated heterocycles. The number of nitrogens with two attached hydrogens (primary N) is 1. The Kier molecular flexibility index (Phi) is 38.9. The molecule has 0 aromatic heterocycles. The molecule has 0 saturated carbocycles. The van der Waals surface area contributed by atoms with Crippen LogP contribution in [0.3, 0.4) is 0 Å². The van der Waals surface area contributed by atoms with Crippen LogP contribution in [0.1, 0.15) is 142 Å². The van der Waals surface area contributed by atoms with E-state index < -0.39 is 69.9 Å². The molecule has 0 aliphatic carbocycles. The van der Waals surface area contributed by atoms with E-state index in [0.29, 0.717) is 12.8 Å². The van der Waals surface area contributed by atoms with Gasteiger partial charge in [-0.25, -0.2) is 4.57 Å². The predicted molar refractivity (Wildman–Crippen MR) is 247 cm³/mol. The van der Waals surface area contributed by atoms with Gasteiger partial charge in [-0.3, -0.25) is 23.4 Å². The maximum atomic E-state index is 12.7. The summed E-state index contributed by atoms with van der Waals surface area (Å²) in [5.74, 6) is -2.75. The van der Waals surface area contributed by atoms with Gasteiger partial charge < -0.3 is 35.4 Å². The molecule has 0 aromatic carbocycles. The number of hydrogen-bond donors (Lipinski definition) is 5. The number of carboxylic acids is 1. The molecule has 0 amide bonds. The minimum Gasteiger partial charge on any atom is -0.480 e. The van der Waals surface area contributed by atoms with E-state index in [1.165, 1.54) is 19.3 Å². The van der Waals surface area contributed by atoms with E-state index in [9.17, 15) is 34.1 Å².